The number of Topliss-reactive ketones (excluding diaryl/α,β-unsaturated/α-hetero) is 1. The van der Waals surface area contributed by atoms with Gasteiger partial charge in [-0.1, -0.05) is 13.2 Å². The van der Waals surface area contributed by atoms with Crippen molar-refractivity contribution < 1.29 is 4.79 Å². The van der Waals surface area contributed by atoms with E-state index in [4.69, 9.17) is 0 Å². The first kappa shape index (κ1) is 11.0. The first-order valence-electron chi connectivity index (χ1n) is 4.92. The monoisotopic (exact) mass is 194 g/mol. The third-order valence-electron chi connectivity index (χ3n) is 2.66. The molecule has 0 radical (unpaired) electrons. The van der Waals surface area contributed by atoms with E-state index in [9.17, 15) is 4.79 Å². The molecule has 0 aromatic heterocycles. The Kier molecular flexibility index (Phi) is 3.47. The standard InChI is InChI=1S/C11H18N2O/c1-4-13-11(10(14)9(2)3)5-7-12-8-6-11/h4,12-13H,1-2,5-8H2,3H3. The van der Waals surface area contributed by atoms with E-state index in [0.717, 1.165) is 25.9 Å². The molecular weight excluding hydrogens is 176 g/mol. The average molecular weight is 194 g/mol. The van der Waals surface area contributed by atoms with Gasteiger partial charge in [-0.15, -0.1) is 0 Å². The average Bonchev–Trinajstić information content (AvgIpc) is 2.18. The number of rotatable bonds is 4. The largest absolute Gasteiger partial charge is 0.379 e. The molecule has 0 saturated carbocycles. The van der Waals surface area contributed by atoms with Gasteiger partial charge in [-0.3, -0.25) is 4.79 Å². The predicted molar refractivity (Wildman–Crippen MR) is 58.0 cm³/mol. The zero-order valence-corrected chi connectivity index (χ0v) is 8.73. The summed E-state index contributed by atoms with van der Waals surface area (Å²) in [4.78, 5) is 12.0. The molecule has 1 aliphatic rings. The lowest BCUT2D eigenvalue weighted by Crippen LogP contribution is -2.56. The van der Waals surface area contributed by atoms with Crippen molar-refractivity contribution in [2.45, 2.75) is 25.3 Å². The molecule has 0 atom stereocenters. The van der Waals surface area contributed by atoms with Crippen molar-refractivity contribution in [2.24, 2.45) is 0 Å². The quantitative estimate of drug-likeness (QED) is 0.656. The molecule has 3 nitrogen and oxygen atoms in total. The fourth-order valence-electron chi connectivity index (χ4n) is 1.89. The van der Waals surface area contributed by atoms with E-state index in [1.54, 1.807) is 13.1 Å². The van der Waals surface area contributed by atoms with Gasteiger partial charge < -0.3 is 10.6 Å². The van der Waals surface area contributed by atoms with E-state index in [0.29, 0.717) is 5.57 Å². The van der Waals surface area contributed by atoms with Gasteiger partial charge in [0.2, 0.25) is 0 Å². The molecule has 0 unspecified atom stereocenters. The van der Waals surface area contributed by atoms with E-state index in [1.165, 1.54) is 0 Å². The molecule has 0 aromatic rings. The Morgan fingerprint density at radius 3 is 2.50 bits per heavy atom. The van der Waals surface area contributed by atoms with Crippen LogP contribution in [-0.2, 0) is 4.79 Å². The highest BCUT2D eigenvalue weighted by Crippen LogP contribution is 2.22. The molecule has 1 fully saturated rings. The molecule has 0 bridgehead atoms. The minimum atomic E-state index is -0.459. The molecule has 0 aromatic carbocycles. The van der Waals surface area contributed by atoms with Crippen LogP contribution in [0.3, 0.4) is 0 Å². The summed E-state index contributed by atoms with van der Waals surface area (Å²) in [5.74, 6) is 0.110. The lowest BCUT2D eigenvalue weighted by molar-refractivity contribution is -0.122. The second kappa shape index (κ2) is 4.42. The van der Waals surface area contributed by atoms with Gasteiger partial charge in [0.1, 0.15) is 5.54 Å². The van der Waals surface area contributed by atoms with E-state index in [2.05, 4.69) is 23.8 Å². The fraction of sp³-hybridized carbons (Fsp3) is 0.545. The molecule has 78 valence electrons. The maximum absolute atomic E-state index is 12.0. The van der Waals surface area contributed by atoms with Crippen LogP contribution >= 0.6 is 0 Å². The van der Waals surface area contributed by atoms with Crippen LogP contribution < -0.4 is 10.6 Å². The fourth-order valence-corrected chi connectivity index (χ4v) is 1.89. The van der Waals surface area contributed by atoms with E-state index in [-0.39, 0.29) is 5.78 Å². The Bertz CT molecular complexity index is 252. The van der Waals surface area contributed by atoms with Gasteiger partial charge in [0.05, 0.1) is 0 Å². The molecule has 2 N–H and O–H groups in total. The van der Waals surface area contributed by atoms with Crippen molar-refractivity contribution in [3.63, 3.8) is 0 Å². The maximum Gasteiger partial charge on any atom is 0.183 e. The van der Waals surface area contributed by atoms with Crippen molar-refractivity contribution in [3.8, 4) is 0 Å². The highest BCUT2D eigenvalue weighted by atomic mass is 16.1. The molecule has 0 amide bonds. The number of hydrogen-bond acceptors (Lipinski definition) is 3. The number of nitrogens with one attached hydrogen (secondary N) is 2. The van der Waals surface area contributed by atoms with Crippen LogP contribution in [-0.4, -0.2) is 24.4 Å². The molecule has 1 aliphatic heterocycles. The minimum Gasteiger partial charge on any atom is -0.379 e. The SMILES string of the molecule is C=CNC1(C(=O)C(=C)C)CCNCC1. The summed E-state index contributed by atoms with van der Waals surface area (Å²) in [6.45, 7) is 10.8. The van der Waals surface area contributed by atoms with Gasteiger partial charge in [0.15, 0.2) is 5.78 Å². The maximum atomic E-state index is 12.0. The lowest BCUT2D eigenvalue weighted by atomic mass is 9.82. The summed E-state index contributed by atoms with van der Waals surface area (Å²) in [6.07, 6.45) is 3.20. The highest BCUT2D eigenvalue weighted by Gasteiger charge is 2.38. The van der Waals surface area contributed by atoms with E-state index in [1.807, 2.05) is 0 Å². The molecule has 1 heterocycles. The number of carbonyl (C=O) groups excluding carboxylic acids is 1. The Morgan fingerprint density at radius 1 is 1.50 bits per heavy atom. The molecular formula is C11H18N2O. The lowest BCUT2D eigenvalue weighted by Gasteiger charge is -2.36. The summed E-state index contributed by atoms with van der Waals surface area (Å²) in [5, 5.41) is 6.33. The van der Waals surface area contributed by atoms with Crippen molar-refractivity contribution in [1.29, 1.82) is 0 Å². The van der Waals surface area contributed by atoms with Crippen LogP contribution in [0.15, 0.2) is 24.9 Å². The van der Waals surface area contributed by atoms with Gasteiger partial charge in [-0.25, -0.2) is 0 Å². The first-order valence-corrected chi connectivity index (χ1v) is 4.92. The Labute approximate surface area is 85.3 Å². The van der Waals surface area contributed by atoms with Crippen molar-refractivity contribution >= 4 is 5.78 Å². The normalized spacial score (nSPS) is 19.8. The Balaban J connectivity index is 2.84. The van der Waals surface area contributed by atoms with Crippen LogP contribution in [0.4, 0.5) is 0 Å². The van der Waals surface area contributed by atoms with Gasteiger partial charge >= 0.3 is 0 Å². The predicted octanol–water partition coefficient (Wildman–Crippen LogP) is 0.987. The van der Waals surface area contributed by atoms with Gasteiger partial charge in [-0.05, 0) is 44.6 Å². The van der Waals surface area contributed by atoms with Crippen LogP contribution in [0.5, 0.6) is 0 Å². The summed E-state index contributed by atoms with van der Waals surface area (Å²) < 4.78 is 0. The third kappa shape index (κ3) is 2.04. The van der Waals surface area contributed by atoms with Crippen LogP contribution in [0.25, 0.3) is 0 Å². The molecule has 0 spiro atoms. The number of carbonyl (C=O) groups is 1. The zero-order chi connectivity index (χ0) is 10.6. The molecule has 1 rings (SSSR count). The molecule has 0 aliphatic carbocycles. The summed E-state index contributed by atoms with van der Waals surface area (Å²) in [6, 6.07) is 0. The second-order valence-electron chi connectivity index (χ2n) is 3.79. The molecule has 14 heavy (non-hydrogen) atoms. The molecule has 3 heteroatoms. The minimum absolute atomic E-state index is 0.110. The summed E-state index contributed by atoms with van der Waals surface area (Å²) in [5.41, 5.74) is 0.153. The van der Waals surface area contributed by atoms with Gasteiger partial charge in [0.25, 0.3) is 0 Å². The third-order valence-corrected chi connectivity index (χ3v) is 2.66. The highest BCUT2D eigenvalue weighted by molar-refractivity contribution is 6.01. The summed E-state index contributed by atoms with van der Waals surface area (Å²) >= 11 is 0. The number of ketones is 1. The van der Waals surface area contributed by atoms with Crippen LogP contribution in [0.2, 0.25) is 0 Å². The smallest absolute Gasteiger partial charge is 0.183 e. The van der Waals surface area contributed by atoms with E-state index < -0.39 is 5.54 Å². The van der Waals surface area contributed by atoms with E-state index >= 15 is 0 Å². The van der Waals surface area contributed by atoms with Crippen LogP contribution in [0, 0.1) is 0 Å². The number of piperidine rings is 1. The van der Waals surface area contributed by atoms with Crippen molar-refractivity contribution in [3.05, 3.63) is 24.9 Å². The van der Waals surface area contributed by atoms with Gasteiger partial charge in [-0.2, -0.15) is 0 Å². The zero-order valence-electron chi connectivity index (χ0n) is 8.73. The summed E-state index contributed by atoms with van der Waals surface area (Å²) in [7, 11) is 0. The number of hydrogen-bond donors (Lipinski definition) is 2. The molecule has 1 saturated heterocycles. The van der Waals surface area contributed by atoms with Gasteiger partial charge in [0, 0.05) is 0 Å². The second-order valence-corrected chi connectivity index (χ2v) is 3.79. The van der Waals surface area contributed by atoms with Crippen LogP contribution in [0.1, 0.15) is 19.8 Å². The van der Waals surface area contributed by atoms with Crippen molar-refractivity contribution in [1.82, 2.24) is 10.6 Å². The Hall–Kier alpha value is -1.09. The van der Waals surface area contributed by atoms with Crippen molar-refractivity contribution in [2.75, 3.05) is 13.1 Å². The Morgan fingerprint density at radius 2 is 2.07 bits per heavy atom. The first-order chi connectivity index (χ1) is 6.62. The topological polar surface area (TPSA) is 41.1 Å².